The average Bonchev–Trinajstić information content (AvgIpc) is 2.52. The van der Waals surface area contributed by atoms with Crippen LogP contribution in [0.5, 0.6) is 0 Å². The molecule has 0 atom stereocenters. The van der Waals surface area contributed by atoms with Gasteiger partial charge in [0.1, 0.15) is 0 Å². The van der Waals surface area contributed by atoms with Gasteiger partial charge in [0.25, 0.3) is 0 Å². The van der Waals surface area contributed by atoms with Crippen LogP contribution in [0.4, 0.5) is 11.4 Å². The summed E-state index contributed by atoms with van der Waals surface area (Å²) < 4.78 is 5.29. The van der Waals surface area contributed by atoms with Crippen LogP contribution in [-0.2, 0) is 4.74 Å². The molecule has 0 aliphatic carbocycles. The summed E-state index contributed by atoms with van der Waals surface area (Å²) in [6.45, 7) is 5.95. The molecule has 0 unspecified atom stereocenters. The first-order chi connectivity index (χ1) is 10.2. The van der Waals surface area contributed by atoms with E-state index in [4.69, 9.17) is 10.5 Å². The van der Waals surface area contributed by atoms with Crippen LogP contribution in [0.2, 0.25) is 0 Å². The zero-order valence-corrected chi connectivity index (χ0v) is 13.2. The van der Waals surface area contributed by atoms with E-state index >= 15 is 0 Å². The number of anilines is 2. The molecule has 1 aromatic heterocycles. The quantitative estimate of drug-likeness (QED) is 0.847. The maximum atomic E-state index is 6.26. The van der Waals surface area contributed by atoms with Gasteiger partial charge in [0, 0.05) is 25.1 Å². The fourth-order valence-electron chi connectivity index (χ4n) is 2.86. The van der Waals surface area contributed by atoms with E-state index in [1.165, 1.54) is 0 Å². The lowest BCUT2D eigenvalue weighted by molar-refractivity contribution is 0.202. The van der Waals surface area contributed by atoms with Gasteiger partial charge in [0.15, 0.2) is 0 Å². The van der Waals surface area contributed by atoms with E-state index in [2.05, 4.69) is 29.8 Å². The van der Waals surface area contributed by atoms with Crippen LogP contribution in [0, 0.1) is 0 Å². The van der Waals surface area contributed by atoms with E-state index in [0.717, 1.165) is 41.7 Å². The predicted molar refractivity (Wildman–Crippen MR) is 89.7 cm³/mol. The van der Waals surface area contributed by atoms with E-state index in [9.17, 15) is 0 Å². The largest absolute Gasteiger partial charge is 0.396 e. The summed E-state index contributed by atoms with van der Waals surface area (Å²) in [6.07, 6.45) is 3.92. The molecule has 0 fully saturated rings. The SMILES string of the molecule is CCC(CC)N(CCOC)c1c(N)cnc2ccccc12. The normalized spacial score (nSPS) is 11.2. The van der Waals surface area contributed by atoms with Crippen molar-refractivity contribution in [3.05, 3.63) is 30.5 Å². The molecule has 1 aromatic carbocycles. The minimum Gasteiger partial charge on any atom is -0.396 e. The van der Waals surface area contributed by atoms with Crippen LogP contribution in [-0.4, -0.2) is 31.3 Å². The first kappa shape index (κ1) is 15.6. The van der Waals surface area contributed by atoms with Crippen LogP contribution in [0.25, 0.3) is 10.9 Å². The van der Waals surface area contributed by atoms with Crippen molar-refractivity contribution in [1.82, 2.24) is 4.98 Å². The molecular formula is C17H25N3O. The summed E-state index contributed by atoms with van der Waals surface area (Å²) in [5.74, 6) is 0. The van der Waals surface area contributed by atoms with E-state index in [-0.39, 0.29) is 0 Å². The molecule has 0 aliphatic heterocycles. The van der Waals surface area contributed by atoms with Gasteiger partial charge < -0.3 is 15.4 Å². The predicted octanol–water partition coefficient (Wildman–Crippen LogP) is 3.46. The van der Waals surface area contributed by atoms with Crippen LogP contribution in [0.3, 0.4) is 0 Å². The van der Waals surface area contributed by atoms with Crippen molar-refractivity contribution in [2.24, 2.45) is 0 Å². The summed E-state index contributed by atoms with van der Waals surface area (Å²) in [5.41, 5.74) is 9.07. The van der Waals surface area contributed by atoms with Gasteiger partial charge in [-0.1, -0.05) is 32.0 Å². The summed E-state index contributed by atoms with van der Waals surface area (Å²) >= 11 is 0. The Balaban J connectivity index is 2.54. The van der Waals surface area contributed by atoms with Crippen molar-refractivity contribution >= 4 is 22.3 Å². The minimum atomic E-state index is 0.452. The molecule has 4 nitrogen and oxygen atoms in total. The number of fused-ring (bicyclic) bond motifs is 1. The van der Waals surface area contributed by atoms with E-state index in [1.54, 1.807) is 13.3 Å². The minimum absolute atomic E-state index is 0.452. The molecule has 0 bridgehead atoms. The molecule has 1 heterocycles. The van der Waals surface area contributed by atoms with Gasteiger partial charge in [-0.2, -0.15) is 0 Å². The van der Waals surface area contributed by atoms with E-state index in [0.29, 0.717) is 12.6 Å². The number of benzene rings is 1. The summed E-state index contributed by atoms with van der Waals surface area (Å²) in [4.78, 5) is 6.81. The Bertz CT molecular complexity index is 581. The number of hydrogen-bond acceptors (Lipinski definition) is 4. The average molecular weight is 287 g/mol. The fourth-order valence-corrected chi connectivity index (χ4v) is 2.86. The highest BCUT2D eigenvalue weighted by Crippen LogP contribution is 2.33. The Morgan fingerprint density at radius 3 is 2.62 bits per heavy atom. The maximum Gasteiger partial charge on any atom is 0.0745 e. The maximum absolute atomic E-state index is 6.26. The Hall–Kier alpha value is -1.81. The molecule has 2 rings (SSSR count). The molecule has 0 aliphatic rings. The topological polar surface area (TPSA) is 51.4 Å². The van der Waals surface area contributed by atoms with Crippen molar-refractivity contribution in [3.63, 3.8) is 0 Å². The number of nitrogens with two attached hydrogens (primary N) is 1. The molecule has 114 valence electrons. The van der Waals surface area contributed by atoms with Crippen molar-refractivity contribution in [1.29, 1.82) is 0 Å². The number of nitrogen functional groups attached to an aromatic ring is 1. The lowest BCUT2D eigenvalue weighted by atomic mass is 10.1. The number of para-hydroxylation sites is 1. The monoisotopic (exact) mass is 287 g/mol. The van der Waals surface area contributed by atoms with Crippen molar-refractivity contribution < 1.29 is 4.74 Å². The smallest absolute Gasteiger partial charge is 0.0745 e. The number of rotatable bonds is 7. The third kappa shape index (κ3) is 3.27. The van der Waals surface area contributed by atoms with Gasteiger partial charge in [0.2, 0.25) is 0 Å². The molecule has 21 heavy (non-hydrogen) atoms. The molecular weight excluding hydrogens is 262 g/mol. The van der Waals surface area contributed by atoms with Gasteiger partial charge in [-0.15, -0.1) is 0 Å². The second-order valence-corrected chi connectivity index (χ2v) is 5.24. The molecule has 2 N–H and O–H groups in total. The summed E-state index contributed by atoms with van der Waals surface area (Å²) in [7, 11) is 1.74. The zero-order valence-electron chi connectivity index (χ0n) is 13.2. The second-order valence-electron chi connectivity index (χ2n) is 5.24. The van der Waals surface area contributed by atoms with Gasteiger partial charge >= 0.3 is 0 Å². The van der Waals surface area contributed by atoms with Crippen LogP contribution in [0.1, 0.15) is 26.7 Å². The Kier molecular flexibility index (Phi) is 5.39. The van der Waals surface area contributed by atoms with Crippen molar-refractivity contribution in [3.8, 4) is 0 Å². The molecule has 0 saturated carbocycles. The van der Waals surface area contributed by atoms with E-state index in [1.807, 2.05) is 18.2 Å². The highest BCUT2D eigenvalue weighted by atomic mass is 16.5. The second kappa shape index (κ2) is 7.27. The van der Waals surface area contributed by atoms with E-state index < -0.39 is 0 Å². The number of hydrogen-bond donors (Lipinski definition) is 1. The highest BCUT2D eigenvalue weighted by Gasteiger charge is 2.20. The van der Waals surface area contributed by atoms with Gasteiger partial charge in [-0.25, -0.2) is 0 Å². The lowest BCUT2D eigenvalue weighted by Crippen LogP contribution is -2.37. The van der Waals surface area contributed by atoms with Gasteiger partial charge in [-0.05, 0) is 18.9 Å². The Morgan fingerprint density at radius 1 is 1.24 bits per heavy atom. The molecule has 0 spiro atoms. The summed E-state index contributed by atoms with van der Waals surface area (Å²) in [5, 5.41) is 1.11. The first-order valence-corrected chi connectivity index (χ1v) is 7.61. The number of nitrogens with zero attached hydrogens (tertiary/aromatic N) is 2. The molecule has 4 heteroatoms. The Morgan fingerprint density at radius 2 is 1.95 bits per heavy atom. The molecule has 2 aromatic rings. The number of pyridine rings is 1. The Labute approximate surface area is 126 Å². The highest BCUT2D eigenvalue weighted by molar-refractivity contribution is 5.97. The fraction of sp³-hybridized carbons (Fsp3) is 0.471. The first-order valence-electron chi connectivity index (χ1n) is 7.61. The molecule has 0 saturated heterocycles. The lowest BCUT2D eigenvalue weighted by Gasteiger charge is -2.34. The number of aromatic nitrogens is 1. The van der Waals surface area contributed by atoms with Crippen molar-refractivity contribution in [2.75, 3.05) is 30.9 Å². The number of methoxy groups -OCH3 is 1. The van der Waals surface area contributed by atoms with Gasteiger partial charge in [-0.3, -0.25) is 4.98 Å². The van der Waals surface area contributed by atoms with Crippen LogP contribution in [0.15, 0.2) is 30.5 Å². The van der Waals surface area contributed by atoms with Crippen molar-refractivity contribution in [2.45, 2.75) is 32.7 Å². The van der Waals surface area contributed by atoms with Gasteiger partial charge in [0.05, 0.1) is 29.7 Å². The molecule has 0 amide bonds. The third-order valence-corrected chi connectivity index (χ3v) is 3.98. The third-order valence-electron chi connectivity index (χ3n) is 3.98. The van der Waals surface area contributed by atoms with Crippen LogP contribution < -0.4 is 10.6 Å². The van der Waals surface area contributed by atoms with Crippen LogP contribution >= 0.6 is 0 Å². The molecule has 0 radical (unpaired) electrons. The zero-order chi connectivity index (χ0) is 15.2. The standard InChI is InChI=1S/C17H25N3O/c1-4-13(5-2)20(10-11-21-3)17-14-8-6-7-9-16(14)19-12-15(17)18/h6-9,12-13H,4-5,10-11,18H2,1-3H3. The number of ether oxygens (including phenoxy) is 1. The summed E-state index contributed by atoms with van der Waals surface area (Å²) in [6, 6.07) is 8.61.